The highest BCUT2D eigenvalue weighted by Crippen LogP contribution is 2.24. The third-order valence-corrected chi connectivity index (χ3v) is 3.08. The van der Waals surface area contributed by atoms with E-state index in [1.165, 1.54) is 0 Å². The maximum atomic E-state index is 11.0. The van der Waals surface area contributed by atoms with E-state index in [4.69, 9.17) is 10.3 Å². The van der Waals surface area contributed by atoms with Crippen molar-refractivity contribution in [2.45, 2.75) is 12.8 Å². The van der Waals surface area contributed by atoms with E-state index < -0.39 is 0 Å². The average molecular weight is 309 g/mol. The molecule has 0 aliphatic carbocycles. The lowest BCUT2D eigenvalue weighted by Gasteiger charge is -1.98. The Morgan fingerprint density at radius 1 is 1.22 bits per heavy atom. The Bertz CT molecular complexity index is 534. The number of hydrogen-bond donors (Lipinski definition) is 2. The summed E-state index contributed by atoms with van der Waals surface area (Å²) in [6.07, 6.45) is 0.864. The van der Waals surface area contributed by atoms with Crippen molar-refractivity contribution in [3.8, 4) is 11.3 Å². The number of furan rings is 1. The monoisotopic (exact) mass is 308 g/mol. The molecule has 18 heavy (non-hydrogen) atoms. The molecule has 1 aromatic carbocycles. The molecule has 1 aromatic heterocycles. The van der Waals surface area contributed by atoms with Gasteiger partial charge in [0.15, 0.2) is 0 Å². The van der Waals surface area contributed by atoms with Crippen LogP contribution < -0.4 is 11.3 Å². The van der Waals surface area contributed by atoms with Crippen molar-refractivity contribution >= 4 is 21.8 Å². The van der Waals surface area contributed by atoms with Crippen LogP contribution >= 0.6 is 15.9 Å². The summed E-state index contributed by atoms with van der Waals surface area (Å²) < 4.78 is 6.69. The summed E-state index contributed by atoms with van der Waals surface area (Å²) in [7, 11) is 0. The van der Waals surface area contributed by atoms with E-state index in [-0.39, 0.29) is 5.91 Å². The van der Waals surface area contributed by atoms with E-state index >= 15 is 0 Å². The highest BCUT2D eigenvalue weighted by molar-refractivity contribution is 9.10. The molecule has 0 bridgehead atoms. The molecule has 0 atom stereocenters. The first kappa shape index (κ1) is 12.9. The molecule has 0 aliphatic heterocycles. The molecule has 0 fully saturated rings. The molecule has 0 saturated carbocycles. The van der Waals surface area contributed by atoms with Gasteiger partial charge in [-0.05, 0) is 24.3 Å². The van der Waals surface area contributed by atoms with Crippen LogP contribution in [0.15, 0.2) is 45.3 Å². The van der Waals surface area contributed by atoms with E-state index in [0.29, 0.717) is 12.8 Å². The first-order valence-electron chi connectivity index (χ1n) is 5.53. The van der Waals surface area contributed by atoms with Crippen molar-refractivity contribution in [2.24, 2.45) is 5.84 Å². The average Bonchev–Trinajstić information content (AvgIpc) is 2.85. The van der Waals surface area contributed by atoms with Crippen LogP contribution in [0.2, 0.25) is 0 Å². The molecule has 3 N–H and O–H groups in total. The molecule has 2 aromatic rings. The number of amides is 1. The zero-order chi connectivity index (χ0) is 13.0. The molecule has 0 radical (unpaired) electrons. The van der Waals surface area contributed by atoms with E-state index in [2.05, 4.69) is 21.4 Å². The minimum absolute atomic E-state index is 0.198. The van der Waals surface area contributed by atoms with Gasteiger partial charge in [0.05, 0.1) is 0 Å². The topological polar surface area (TPSA) is 68.3 Å². The molecule has 0 aliphatic rings. The lowest BCUT2D eigenvalue weighted by molar-refractivity contribution is -0.121. The second kappa shape index (κ2) is 5.84. The summed E-state index contributed by atoms with van der Waals surface area (Å²) in [5, 5.41) is 0. The van der Waals surface area contributed by atoms with Crippen molar-refractivity contribution in [1.29, 1.82) is 0 Å². The van der Waals surface area contributed by atoms with E-state index in [0.717, 1.165) is 21.6 Å². The molecule has 5 heteroatoms. The van der Waals surface area contributed by atoms with Crippen LogP contribution in [0.3, 0.4) is 0 Å². The Kier molecular flexibility index (Phi) is 4.17. The van der Waals surface area contributed by atoms with E-state index in [1.807, 2.05) is 36.4 Å². The molecular formula is C13H13BrN2O2. The maximum absolute atomic E-state index is 11.0. The minimum atomic E-state index is -0.198. The molecule has 1 heterocycles. The van der Waals surface area contributed by atoms with Crippen molar-refractivity contribution < 1.29 is 9.21 Å². The van der Waals surface area contributed by atoms with Gasteiger partial charge in [-0.3, -0.25) is 10.2 Å². The van der Waals surface area contributed by atoms with Gasteiger partial charge in [0.2, 0.25) is 5.91 Å². The summed E-state index contributed by atoms with van der Waals surface area (Å²) in [5.74, 6) is 6.39. The van der Waals surface area contributed by atoms with Crippen LogP contribution in [-0.2, 0) is 11.2 Å². The van der Waals surface area contributed by atoms with Crippen LogP contribution in [0.25, 0.3) is 11.3 Å². The Morgan fingerprint density at radius 2 is 1.94 bits per heavy atom. The molecule has 1 amide bonds. The lowest BCUT2D eigenvalue weighted by atomic mass is 10.2. The van der Waals surface area contributed by atoms with E-state index in [1.54, 1.807) is 0 Å². The van der Waals surface area contributed by atoms with Gasteiger partial charge < -0.3 is 4.42 Å². The molecule has 2 rings (SSSR count). The van der Waals surface area contributed by atoms with Crippen LogP contribution in [0.1, 0.15) is 12.2 Å². The number of carbonyl (C=O) groups is 1. The number of hydrogen-bond acceptors (Lipinski definition) is 3. The molecular weight excluding hydrogens is 296 g/mol. The summed E-state index contributed by atoms with van der Waals surface area (Å²) in [4.78, 5) is 11.0. The van der Waals surface area contributed by atoms with Crippen molar-refractivity contribution in [3.63, 3.8) is 0 Å². The van der Waals surface area contributed by atoms with Gasteiger partial charge >= 0.3 is 0 Å². The zero-order valence-electron chi connectivity index (χ0n) is 9.65. The smallest absolute Gasteiger partial charge is 0.234 e. The number of nitrogens with one attached hydrogen (secondary N) is 1. The quantitative estimate of drug-likeness (QED) is 0.518. The second-order valence-electron chi connectivity index (χ2n) is 3.84. The van der Waals surface area contributed by atoms with Gasteiger partial charge in [0.25, 0.3) is 0 Å². The number of hydrazine groups is 1. The molecule has 0 saturated heterocycles. The number of rotatable bonds is 4. The molecule has 0 spiro atoms. The first-order valence-corrected chi connectivity index (χ1v) is 6.32. The summed E-state index contributed by atoms with van der Waals surface area (Å²) in [6, 6.07) is 11.6. The normalized spacial score (nSPS) is 10.3. The Morgan fingerprint density at radius 3 is 2.61 bits per heavy atom. The number of benzene rings is 1. The third-order valence-electron chi connectivity index (χ3n) is 2.55. The lowest BCUT2D eigenvalue weighted by Crippen LogP contribution is -2.30. The highest BCUT2D eigenvalue weighted by Gasteiger charge is 2.06. The molecule has 0 unspecified atom stereocenters. The van der Waals surface area contributed by atoms with Crippen LogP contribution in [0, 0.1) is 0 Å². The predicted octanol–water partition coefficient (Wildman–Crippen LogP) is 2.63. The summed E-state index contributed by atoms with van der Waals surface area (Å²) >= 11 is 3.39. The number of halogens is 1. The van der Waals surface area contributed by atoms with Gasteiger partial charge in [-0.25, -0.2) is 5.84 Å². The van der Waals surface area contributed by atoms with E-state index in [9.17, 15) is 4.79 Å². The fourth-order valence-electron chi connectivity index (χ4n) is 1.59. The van der Waals surface area contributed by atoms with Crippen molar-refractivity contribution in [1.82, 2.24) is 5.43 Å². The summed E-state index contributed by atoms with van der Waals surface area (Å²) in [5.41, 5.74) is 3.10. The fraction of sp³-hybridized carbons (Fsp3) is 0.154. The van der Waals surface area contributed by atoms with Gasteiger partial charge in [-0.1, -0.05) is 28.1 Å². The number of carbonyl (C=O) groups excluding carboxylic acids is 1. The minimum Gasteiger partial charge on any atom is -0.461 e. The Labute approximate surface area is 113 Å². The largest absolute Gasteiger partial charge is 0.461 e. The Balaban J connectivity index is 2.06. The Hall–Kier alpha value is -1.59. The number of aryl methyl sites for hydroxylation is 1. The van der Waals surface area contributed by atoms with Gasteiger partial charge in [0, 0.05) is 22.9 Å². The standard InChI is InChI=1S/C13H13BrN2O2/c14-10-3-1-9(2-4-10)12-7-5-11(18-12)6-8-13(17)16-15/h1-5,7H,6,8,15H2,(H,16,17). The van der Waals surface area contributed by atoms with Gasteiger partial charge in [-0.2, -0.15) is 0 Å². The van der Waals surface area contributed by atoms with Crippen LogP contribution in [0.5, 0.6) is 0 Å². The molecule has 94 valence electrons. The van der Waals surface area contributed by atoms with Crippen molar-refractivity contribution in [3.05, 3.63) is 46.6 Å². The summed E-state index contributed by atoms with van der Waals surface area (Å²) in [6.45, 7) is 0. The van der Waals surface area contributed by atoms with Gasteiger partial charge in [0.1, 0.15) is 11.5 Å². The number of nitrogens with two attached hydrogens (primary N) is 1. The fourth-order valence-corrected chi connectivity index (χ4v) is 1.85. The SMILES string of the molecule is NNC(=O)CCc1ccc(-c2ccc(Br)cc2)o1. The maximum Gasteiger partial charge on any atom is 0.234 e. The van der Waals surface area contributed by atoms with Gasteiger partial charge in [-0.15, -0.1) is 0 Å². The van der Waals surface area contributed by atoms with Crippen molar-refractivity contribution in [2.75, 3.05) is 0 Å². The third kappa shape index (κ3) is 3.21. The molecule has 4 nitrogen and oxygen atoms in total. The second-order valence-corrected chi connectivity index (χ2v) is 4.76. The first-order chi connectivity index (χ1) is 8.69. The zero-order valence-corrected chi connectivity index (χ0v) is 11.2. The highest BCUT2D eigenvalue weighted by atomic mass is 79.9. The van der Waals surface area contributed by atoms with Crippen LogP contribution in [0.4, 0.5) is 0 Å². The predicted molar refractivity (Wildman–Crippen MR) is 72.5 cm³/mol. The van der Waals surface area contributed by atoms with Crippen LogP contribution in [-0.4, -0.2) is 5.91 Å².